The Hall–Kier alpha value is -0.570. The summed E-state index contributed by atoms with van der Waals surface area (Å²) < 4.78 is 0. The highest BCUT2D eigenvalue weighted by Gasteiger charge is 2.42. The van der Waals surface area contributed by atoms with E-state index in [2.05, 4.69) is 44.8 Å². The van der Waals surface area contributed by atoms with Gasteiger partial charge in [-0.25, -0.2) is 0 Å². The molecule has 3 unspecified atom stereocenters. The normalized spacial score (nSPS) is 25.4. The van der Waals surface area contributed by atoms with Gasteiger partial charge in [0.1, 0.15) is 0 Å². The van der Waals surface area contributed by atoms with Crippen LogP contribution in [0.3, 0.4) is 0 Å². The fourth-order valence-corrected chi connectivity index (χ4v) is 3.08. The Morgan fingerprint density at radius 1 is 1.16 bits per heavy atom. The molecule has 0 aromatic heterocycles. The molecule has 0 radical (unpaired) electrons. The molecule has 1 aliphatic rings. The minimum absolute atomic E-state index is 0.0355. The smallest absolute Gasteiger partial charge is 0.241 e. The average molecular weight is 268 g/mol. The zero-order chi connectivity index (χ0) is 14.4. The Balaban J connectivity index is 2.85. The van der Waals surface area contributed by atoms with Crippen LogP contribution < -0.4 is 5.32 Å². The van der Waals surface area contributed by atoms with Crippen molar-refractivity contribution < 1.29 is 4.79 Å². The fourth-order valence-electron chi connectivity index (χ4n) is 3.08. The fraction of sp³-hybridized carbons (Fsp3) is 0.938. The number of nitrogens with one attached hydrogen (secondary N) is 1. The van der Waals surface area contributed by atoms with Crippen molar-refractivity contribution >= 4 is 5.91 Å². The van der Waals surface area contributed by atoms with Gasteiger partial charge in [0, 0.05) is 6.04 Å². The maximum Gasteiger partial charge on any atom is 0.241 e. The molecule has 1 saturated heterocycles. The van der Waals surface area contributed by atoms with Crippen LogP contribution >= 0.6 is 0 Å². The van der Waals surface area contributed by atoms with Crippen molar-refractivity contribution in [2.24, 2.45) is 5.92 Å². The Bertz CT molecular complexity index is 278. The van der Waals surface area contributed by atoms with Gasteiger partial charge in [0.05, 0.1) is 12.2 Å². The SMILES string of the molecule is CCCCC(CCC)N1C(=O)C(CC)NC1C(C)C. The van der Waals surface area contributed by atoms with Crippen LogP contribution in [0.1, 0.15) is 73.1 Å². The van der Waals surface area contributed by atoms with E-state index in [9.17, 15) is 4.79 Å². The maximum atomic E-state index is 12.6. The van der Waals surface area contributed by atoms with Crippen LogP contribution in [0.15, 0.2) is 0 Å². The molecule has 0 aromatic carbocycles. The van der Waals surface area contributed by atoms with Crippen LogP contribution in [0.4, 0.5) is 0 Å². The third-order valence-electron chi connectivity index (χ3n) is 4.17. The minimum atomic E-state index is 0.0355. The number of rotatable bonds is 8. The number of nitrogens with zero attached hydrogens (tertiary/aromatic N) is 1. The van der Waals surface area contributed by atoms with Gasteiger partial charge in [-0.2, -0.15) is 0 Å². The van der Waals surface area contributed by atoms with Gasteiger partial charge in [0.15, 0.2) is 0 Å². The molecule has 1 N–H and O–H groups in total. The van der Waals surface area contributed by atoms with Gasteiger partial charge in [-0.3, -0.25) is 10.1 Å². The number of hydrogen-bond donors (Lipinski definition) is 1. The Labute approximate surface area is 119 Å². The van der Waals surface area contributed by atoms with Crippen LogP contribution in [-0.2, 0) is 4.79 Å². The topological polar surface area (TPSA) is 32.3 Å². The van der Waals surface area contributed by atoms with Crippen molar-refractivity contribution in [2.75, 3.05) is 0 Å². The molecule has 1 amide bonds. The highest BCUT2D eigenvalue weighted by molar-refractivity contribution is 5.84. The average Bonchev–Trinajstić information content (AvgIpc) is 2.72. The molecule has 0 bridgehead atoms. The third-order valence-corrected chi connectivity index (χ3v) is 4.17. The molecule has 1 heterocycles. The van der Waals surface area contributed by atoms with Crippen molar-refractivity contribution in [1.82, 2.24) is 10.2 Å². The molecule has 0 spiro atoms. The molecule has 1 fully saturated rings. The van der Waals surface area contributed by atoms with Crippen molar-refractivity contribution in [1.29, 1.82) is 0 Å². The summed E-state index contributed by atoms with van der Waals surface area (Å²) in [6.45, 7) is 10.9. The van der Waals surface area contributed by atoms with E-state index in [1.54, 1.807) is 0 Å². The number of carbonyl (C=O) groups excluding carboxylic acids is 1. The molecule has 1 rings (SSSR count). The maximum absolute atomic E-state index is 12.6. The van der Waals surface area contributed by atoms with Gasteiger partial charge < -0.3 is 4.90 Å². The Morgan fingerprint density at radius 2 is 1.84 bits per heavy atom. The molecule has 1 aliphatic heterocycles. The first kappa shape index (κ1) is 16.5. The summed E-state index contributed by atoms with van der Waals surface area (Å²) >= 11 is 0. The second kappa shape index (κ2) is 7.88. The van der Waals surface area contributed by atoms with E-state index in [0.717, 1.165) is 25.7 Å². The summed E-state index contributed by atoms with van der Waals surface area (Å²) in [6.07, 6.45) is 6.98. The molecule has 112 valence electrons. The zero-order valence-electron chi connectivity index (χ0n) is 13.4. The van der Waals surface area contributed by atoms with Crippen molar-refractivity contribution in [3.63, 3.8) is 0 Å². The predicted octanol–water partition coefficient (Wildman–Crippen LogP) is 3.54. The predicted molar refractivity (Wildman–Crippen MR) is 80.9 cm³/mol. The van der Waals surface area contributed by atoms with Crippen LogP contribution in [0.25, 0.3) is 0 Å². The number of carbonyl (C=O) groups is 1. The molecule has 0 aromatic rings. The van der Waals surface area contributed by atoms with Gasteiger partial charge in [0.2, 0.25) is 5.91 Å². The lowest BCUT2D eigenvalue weighted by atomic mass is 10.0. The number of unbranched alkanes of at least 4 members (excludes halogenated alkanes) is 1. The number of hydrogen-bond acceptors (Lipinski definition) is 2. The molecule has 0 saturated carbocycles. The highest BCUT2D eigenvalue weighted by Crippen LogP contribution is 2.26. The Kier molecular flexibility index (Phi) is 6.84. The standard InChI is InChI=1S/C16H32N2O/c1-6-9-11-13(10-7-2)18-15(12(4)5)17-14(8-3)16(18)19/h12-15,17H,6-11H2,1-5H3. The summed E-state index contributed by atoms with van der Waals surface area (Å²) in [5, 5.41) is 3.53. The Morgan fingerprint density at radius 3 is 2.32 bits per heavy atom. The van der Waals surface area contributed by atoms with Gasteiger partial charge in [-0.15, -0.1) is 0 Å². The van der Waals surface area contributed by atoms with Crippen LogP contribution in [0, 0.1) is 5.92 Å². The van der Waals surface area contributed by atoms with Crippen molar-refractivity contribution in [2.45, 2.75) is 91.4 Å². The summed E-state index contributed by atoms with van der Waals surface area (Å²) in [7, 11) is 0. The third kappa shape index (κ3) is 3.95. The van der Waals surface area contributed by atoms with Gasteiger partial charge in [0.25, 0.3) is 0 Å². The van der Waals surface area contributed by atoms with Crippen molar-refractivity contribution in [3.8, 4) is 0 Å². The van der Waals surface area contributed by atoms with E-state index in [1.807, 2.05) is 0 Å². The van der Waals surface area contributed by atoms with Crippen LogP contribution in [0.2, 0.25) is 0 Å². The molecular weight excluding hydrogens is 236 g/mol. The lowest BCUT2D eigenvalue weighted by Crippen LogP contribution is -2.47. The van der Waals surface area contributed by atoms with Gasteiger partial charge in [-0.1, -0.05) is 53.9 Å². The molecule has 0 aliphatic carbocycles. The largest absolute Gasteiger partial charge is 0.323 e. The van der Waals surface area contributed by atoms with Crippen molar-refractivity contribution in [3.05, 3.63) is 0 Å². The molecule has 3 heteroatoms. The lowest BCUT2D eigenvalue weighted by Gasteiger charge is -2.35. The van der Waals surface area contributed by atoms with E-state index < -0.39 is 0 Å². The molecule has 19 heavy (non-hydrogen) atoms. The number of amides is 1. The molecule has 3 nitrogen and oxygen atoms in total. The summed E-state index contributed by atoms with van der Waals surface area (Å²) in [4.78, 5) is 14.8. The summed E-state index contributed by atoms with van der Waals surface area (Å²) in [5.74, 6) is 0.803. The molecule has 3 atom stereocenters. The van der Waals surface area contributed by atoms with E-state index >= 15 is 0 Å². The summed E-state index contributed by atoms with van der Waals surface area (Å²) in [6, 6.07) is 0.460. The zero-order valence-corrected chi connectivity index (χ0v) is 13.4. The second-order valence-electron chi connectivity index (χ2n) is 6.15. The quantitative estimate of drug-likeness (QED) is 0.730. The van der Waals surface area contributed by atoms with E-state index in [-0.39, 0.29) is 12.2 Å². The van der Waals surface area contributed by atoms with Gasteiger partial charge in [-0.05, 0) is 25.2 Å². The minimum Gasteiger partial charge on any atom is -0.323 e. The van der Waals surface area contributed by atoms with Crippen LogP contribution in [0.5, 0.6) is 0 Å². The van der Waals surface area contributed by atoms with Gasteiger partial charge >= 0.3 is 0 Å². The first-order valence-electron chi connectivity index (χ1n) is 8.14. The van der Waals surface area contributed by atoms with Crippen LogP contribution in [-0.4, -0.2) is 29.1 Å². The van der Waals surface area contributed by atoms with E-state index in [1.165, 1.54) is 12.8 Å². The first-order chi connectivity index (χ1) is 9.06. The van der Waals surface area contributed by atoms with E-state index in [4.69, 9.17) is 0 Å². The summed E-state index contributed by atoms with van der Waals surface area (Å²) in [5.41, 5.74) is 0. The lowest BCUT2D eigenvalue weighted by molar-refractivity contribution is -0.133. The highest BCUT2D eigenvalue weighted by atomic mass is 16.2. The van der Waals surface area contributed by atoms with E-state index in [0.29, 0.717) is 17.9 Å². The first-order valence-corrected chi connectivity index (χ1v) is 8.14. The monoisotopic (exact) mass is 268 g/mol. The second-order valence-corrected chi connectivity index (χ2v) is 6.15. The molecular formula is C16H32N2O.